The maximum atomic E-state index is 13.1. The number of nitrogens with one attached hydrogen (secondary N) is 1. The van der Waals surface area contributed by atoms with E-state index >= 15 is 0 Å². The Bertz CT molecular complexity index is 963. The van der Waals surface area contributed by atoms with Crippen LogP contribution in [0.1, 0.15) is 36.8 Å². The minimum absolute atomic E-state index is 0.0488. The van der Waals surface area contributed by atoms with Crippen molar-refractivity contribution in [3.63, 3.8) is 0 Å². The molecule has 0 spiro atoms. The Kier molecular flexibility index (Phi) is 6.37. The summed E-state index contributed by atoms with van der Waals surface area (Å²) in [6, 6.07) is 13.4. The molecular weight excluding hydrogens is 416 g/mol. The predicted molar refractivity (Wildman–Crippen MR) is 118 cm³/mol. The van der Waals surface area contributed by atoms with E-state index in [1.807, 2.05) is 41.3 Å². The number of carbonyl (C=O) groups is 2. The Balaban J connectivity index is 1.43. The van der Waals surface area contributed by atoms with Crippen molar-refractivity contribution >= 4 is 23.4 Å². The summed E-state index contributed by atoms with van der Waals surface area (Å²) in [4.78, 5) is 26.9. The summed E-state index contributed by atoms with van der Waals surface area (Å²) in [7, 11) is 1.64. The molecule has 0 bridgehead atoms. The van der Waals surface area contributed by atoms with E-state index in [-0.39, 0.29) is 11.8 Å². The van der Waals surface area contributed by atoms with Crippen LogP contribution in [-0.4, -0.2) is 42.5 Å². The van der Waals surface area contributed by atoms with Crippen LogP contribution in [0.2, 0.25) is 5.02 Å². The van der Waals surface area contributed by atoms with E-state index in [0.29, 0.717) is 50.4 Å². The van der Waals surface area contributed by atoms with Gasteiger partial charge in [0.2, 0.25) is 11.8 Å². The van der Waals surface area contributed by atoms with E-state index in [4.69, 9.17) is 21.1 Å². The third-order valence-corrected chi connectivity index (χ3v) is 6.34. The third kappa shape index (κ3) is 5.13. The van der Waals surface area contributed by atoms with Gasteiger partial charge in [-0.2, -0.15) is 0 Å². The molecule has 1 atom stereocenters. The van der Waals surface area contributed by atoms with Gasteiger partial charge in [0.05, 0.1) is 13.7 Å². The van der Waals surface area contributed by atoms with Crippen molar-refractivity contribution in [2.24, 2.45) is 0 Å². The van der Waals surface area contributed by atoms with Gasteiger partial charge in [0.15, 0.2) is 0 Å². The van der Waals surface area contributed by atoms with E-state index in [1.165, 1.54) is 0 Å². The minimum Gasteiger partial charge on any atom is -0.497 e. The lowest BCUT2D eigenvalue weighted by atomic mass is 9.85. The first kappa shape index (κ1) is 21.5. The van der Waals surface area contributed by atoms with Crippen LogP contribution in [0.5, 0.6) is 11.5 Å². The van der Waals surface area contributed by atoms with Crippen LogP contribution in [0, 0.1) is 0 Å². The first-order chi connectivity index (χ1) is 15.0. The van der Waals surface area contributed by atoms with Gasteiger partial charge in [0.25, 0.3) is 0 Å². The molecule has 1 fully saturated rings. The zero-order valence-corrected chi connectivity index (χ0v) is 18.4. The Morgan fingerprint density at radius 2 is 2.06 bits per heavy atom. The highest BCUT2D eigenvalue weighted by Gasteiger charge is 2.38. The molecule has 2 aromatic rings. The summed E-state index contributed by atoms with van der Waals surface area (Å²) >= 11 is 6.13. The molecular formula is C24H27ClN2O4. The van der Waals surface area contributed by atoms with Crippen LogP contribution in [0.4, 0.5) is 0 Å². The second-order valence-electron chi connectivity index (χ2n) is 8.27. The summed E-state index contributed by atoms with van der Waals surface area (Å²) in [5.41, 5.74) is 1.63. The number of nitrogens with zero attached hydrogens (tertiary/aromatic N) is 1. The zero-order valence-electron chi connectivity index (χ0n) is 17.7. The molecule has 1 saturated heterocycles. The lowest BCUT2D eigenvalue weighted by Crippen LogP contribution is -2.45. The average molecular weight is 443 g/mol. The maximum absolute atomic E-state index is 13.1. The number of fused-ring (bicyclic) bond motifs is 1. The van der Waals surface area contributed by atoms with Crippen LogP contribution < -0.4 is 14.8 Å². The molecule has 1 N–H and O–H groups in total. The van der Waals surface area contributed by atoms with Crippen molar-refractivity contribution in [2.75, 3.05) is 20.3 Å². The highest BCUT2D eigenvalue weighted by Crippen LogP contribution is 2.31. The van der Waals surface area contributed by atoms with Crippen molar-refractivity contribution in [1.82, 2.24) is 10.2 Å². The molecule has 4 rings (SSSR count). The second kappa shape index (κ2) is 9.18. The number of benzene rings is 2. The summed E-state index contributed by atoms with van der Waals surface area (Å²) in [5, 5.41) is 3.78. The minimum atomic E-state index is -0.398. The summed E-state index contributed by atoms with van der Waals surface area (Å²) in [5.74, 6) is 1.69. The van der Waals surface area contributed by atoms with Crippen LogP contribution in [-0.2, 0) is 22.6 Å². The fourth-order valence-corrected chi connectivity index (χ4v) is 4.59. The topological polar surface area (TPSA) is 67.9 Å². The van der Waals surface area contributed by atoms with Crippen LogP contribution in [0.25, 0.3) is 0 Å². The highest BCUT2D eigenvalue weighted by molar-refractivity contribution is 6.30. The van der Waals surface area contributed by atoms with Gasteiger partial charge < -0.3 is 19.7 Å². The van der Waals surface area contributed by atoms with Crippen molar-refractivity contribution in [2.45, 2.75) is 44.2 Å². The van der Waals surface area contributed by atoms with Gasteiger partial charge in [-0.05, 0) is 55.2 Å². The Labute approximate surface area is 187 Å². The van der Waals surface area contributed by atoms with Crippen LogP contribution in [0.3, 0.4) is 0 Å². The van der Waals surface area contributed by atoms with E-state index in [2.05, 4.69) is 5.32 Å². The number of carbonyl (C=O) groups excluding carboxylic acids is 2. The van der Waals surface area contributed by atoms with Crippen molar-refractivity contribution in [3.8, 4) is 11.5 Å². The number of hydrogen-bond donors (Lipinski definition) is 1. The number of amides is 2. The molecule has 0 saturated carbocycles. The number of methoxy groups -OCH3 is 1. The molecule has 0 aliphatic carbocycles. The zero-order chi connectivity index (χ0) is 21.8. The summed E-state index contributed by atoms with van der Waals surface area (Å²) in [6.45, 7) is 1.46. The van der Waals surface area contributed by atoms with Gasteiger partial charge in [-0.25, -0.2) is 0 Å². The van der Waals surface area contributed by atoms with Crippen molar-refractivity contribution < 1.29 is 19.1 Å². The maximum Gasteiger partial charge on any atom is 0.223 e. The van der Waals surface area contributed by atoms with E-state index in [1.54, 1.807) is 13.2 Å². The average Bonchev–Trinajstić information content (AvgIpc) is 3.00. The van der Waals surface area contributed by atoms with Gasteiger partial charge in [-0.15, -0.1) is 0 Å². The van der Waals surface area contributed by atoms with E-state index in [9.17, 15) is 9.59 Å². The Morgan fingerprint density at radius 1 is 1.26 bits per heavy atom. The van der Waals surface area contributed by atoms with E-state index in [0.717, 1.165) is 29.0 Å². The Hall–Kier alpha value is -2.73. The normalized spacial score (nSPS) is 20.5. The third-order valence-electron chi connectivity index (χ3n) is 6.11. The number of halogens is 1. The second-order valence-corrected chi connectivity index (χ2v) is 8.71. The Morgan fingerprint density at radius 3 is 2.77 bits per heavy atom. The van der Waals surface area contributed by atoms with Crippen molar-refractivity contribution in [1.29, 1.82) is 0 Å². The van der Waals surface area contributed by atoms with Gasteiger partial charge in [-0.1, -0.05) is 23.7 Å². The number of hydrogen-bond acceptors (Lipinski definition) is 4. The number of rotatable bonds is 6. The smallest absolute Gasteiger partial charge is 0.223 e. The largest absolute Gasteiger partial charge is 0.497 e. The molecule has 2 amide bonds. The molecule has 2 aliphatic heterocycles. The summed E-state index contributed by atoms with van der Waals surface area (Å²) < 4.78 is 11.0. The molecule has 7 heteroatoms. The molecule has 2 aromatic carbocycles. The predicted octanol–water partition coefficient (Wildman–Crippen LogP) is 3.74. The lowest BCUT2D eigenvalue weighted by Gasteiger charge is -2.30. The standard InChI is InChI=1S/C24H27ClN2O4/c1-30-20-5-2-17(3-6-20)15-24(10-8-22(28)26-24)11-9-23(29)27-12-13-31-21-7-4-19(25)14-18(21)16-27/h2-7,14H,8-13,15-16H2,1H3,(H,26,28)/t24-/m1/s1. The molecule has 2 heterocycles. The molecule has 0 radical (unpaired) electrons. The van der Waals surface area contributed by atoms with Gasteiger partial charge in [-0.3, -0.25) is 9.59 Å². The van der Waals surface area contributed by atoms with Gasteiger partial charge in [0.1, 0.15) is 18.1 Å². The molecule has 0 aromatic heterocycles. The SMILES string of the molecule is COc1ccc(C[C@]2(CCC(=O)N3CCOc4ccc(Cl)cc4C3)CCC(=O)N2)cc1. The van der Waals surface area contributed by atoms with Gasteiger partial charge >= 0.3 is 0 Å². The molecule has 164 valence electrons. The van der Waals surface area contributed by atoms with E-state index < -0.39 is 5.54 Å². The molecule has 31 heavy (non-hydrogen) atoms. The summed E-state index contributed by atoms with van der Waals surface area (Å²) in [6.07, 6.45) is 2.88. The number of ether oxygens (including phenoxy) is 2. The first-order valence-electron chi connectivity index (χ1n) is 10.6. The molecule has 2 aliphatic rings. The highest BCUT2D eigenvalue weighted by atomic mass is 35.5. The first-order valence-corrected chi connectivity index (χ1v) is 11.0. The van der Waals surface area contributed by atoms with Gasteiger partial charge in [0, 0.05) is 35.5 Å². The van der Waals surface area contributed by atoms with Crippen molar-refractivity contribution in [3.05, 3.63) is 58.6 Å². The van der Waals surface area contributed by atoms with Crippen LogP contribution in [0.15, 0.2) is 42.5 Å². The monoisotopic (exact) mass is 442 g/mol. The lowest BCUT2D eigenvalue weighted by molar-refractivity contribution is -0.132. The molecule has 0 unspecified atom stereocenters. The van der Waals surface area contributed by atoms with Crippen LogP contribution >= 0.6 is 11.6 Å². The fourth-order valence-electron chi connectivity index (χ4n) is 4.40. The molecule has 6 nitrogen and oxygen atoms in total. The fraction of sp³-hybridized carbons (Fsp3) is 0.417. The quantitative estimate of drug-likeness (QED) is 0.740.